The van der Waals surface area contributed by atoms with Crippen LogP contribution in [0.5, 0.6) is 0 Å². The second kappa shape index (κ2) is 5.35. The van der Waals surface area contributed by atoms with E-state index >= 15 is 0 Å². The molecular formula is C12H16N4S. The molecule has 1 aromatic heterocycles. The topological polar surface area (TPSA) is 55.9 Å². The fraction of sp³-hybridized carbons (Fsp3) is 0.250. The van der Waals surface area contributed by atoms with Gasteiger partial charge in [-0.05, 0) is 24.0 Å². The summed E-state index contributed by atoms with van der Waals surface area (Å²) in [6, 6.07) is 8.25. The molecule has 5 heteroatoms. The predicted octanol–water partition coefficient (Wildman–Crippen LogP) is 1.69. The molecule has 3 N–H and O–H groups in total. The van der Waals surface area contributed by atoms with Crippen LogP contribution in [0, 0.1) is 0 Å². The van der Waals surface area contributed by atoms with E-state index in [0.717, 1.165) is 11.4 Å². The van der Waals surface area contributed by atoms with E-state index in [1.165, 1.54) is 4.90 Å². The Morgan fingerprint density at radius 2 is 2.06 bits per heavy atom. The van der Waals surface area contributed by atoms with Crippen LogP contribution in [0.25, 0.3) is 0 Å². The van der Waals surface area contributed by atoms with Crippen LogP contribution in [-0.2, 0) is 7.05 Å². The second-order valence-corrected chi connectivity index (χ2v) is 4.65. The number of hydrogen-bond donors (Lipinski definition) is 2. The molecule has 0 aliphatic rings. The van der Waals surface area contributed by atoms with Crippen molar-refractivity contribution in [2.45, 2.75) is 10.9 Å². The Balaban J connectivity index is 2.32. The third-order valence-electron chi connectivity index (χ3n) is 2.73. The smallest absolute Gasteiger partial charge is 0.131 e. The summed E-state index contributed by atoms with van der Waals surface area (Å²) in [4.78, 5) is 5.56. The molecule has 0 bridgehead atoms. The zero-order chi connectivity index (χ0) is 12.3. The number of thioether (sulfide) groups is 1. The van der Waals surface area contributed by atoms with Gasteiger partial charge in [-0.3, -0.25) is 5.84 Å². The van der Waals surface area contributed by atoms with Crippen LogP contribution in [0.1, 0.15) is 17.4 Å². The summed E-state index contributed by atoms with van der Waals surface area (Å²) >= 11 is 1.72. The highest BCUT2D eigenvalue weighted by atomic mass is 32.2. The van der Waals surface area contributed by atoms with E-state index in [1.807, 2.05) is 17.8 Å². The Morgan fingerprint density at radius 1 is 1.35 bits per heavy atom. The molecular weight excluding hydrogens is 232 g/mol. The van der Waals surface area contributed by atoms with Gasteiger partial charge in [-0.15, -0.1) is 11.8 Å². The standard InChI is InChI=1S/C12H16N4S/c1-16-8-7-14-12(16)11(15-13)9-3-5-10(17-2)6-4-9/h3-8,11,15H,13H2,1-2H3. The maximum atomic E-state index is 5.63. The molecule has 0 radical (unpaired) electrons. The molecule has 0 spiro atoms. The molecule has 2 aromatic rings. The van der Waals surface area contributed by atoms with E-state index in [9.17, 15) is 0 Å². The Labute approximate surface area is 105 Å². The minimum Gasteiger partial charge on any atom is -0.336 e. The lowest BCUT2D eigenvalue weighted by molar-refractivity contribution is 0.579. The molecule has 0 amide bonds. The summed E-state index contributed by atoms with van der Waals surface area (Å²) in [6.45, 7) is 0. The third kappa shape index (κ3) is 2.52. The molecule has 1 unspecified atom stereocenters. The number of benzene rings is 1. The number of nitrogens with one attached hydrogen (secondary N) is 1. The molecule has 0 saturated heterocycles. The lowest BCUT2D eigenvalue weighted by Gasteiger charge is -2.16. The van der Waals surface area contributed by atoms with E-state index in [-0.39, 0.29) is 6.04 Å². The minimum atomic E-state index is -0.0779. The van der Waals surface area contributed by atoms with Gasteiger partial charge in [-0.2, -0.15) is 0 Å². The van der Waals surface area contributed by atoms with E-state index in [1.54, 1.807) is 18.0 Å². The highest BCUT2D eigenvalue weighted by molar-refractivity contribution is 7.98. The number of nitrogens with two attached hydrogens (primary N) is 1. The molecule has 4 nitrogen and oxygen atoms in total. The van der Waals surface area contributed by atoms with Gasteiger partial charge in [0.2, 0.25) is 0 Å². The van der Waals surface area contributed by atoms with Gasteiger partial charge in [0.05, 0.1) is 0 Å². The average Bonchev–Trinajstić information content (AvgIpc) is 2.78. The normalized spacial score (nSPS) is 12.6. The van der Waals surface area contributed by atoms with Gasteiger partial charge >= 0.3 is 0 Å². The minimum absolute atomic E-state index is 0.0779. The van der Waals surface area contributed by atoms with Crippen molar-refractivity contribution in [2.24, 2.45) is 12.9 Å². The molecule has 0 aliphatic carbocycles. The Bertz CT molecular complexity index is 478. The highest BCUT2D eigenvalue weighted by Gasteiger charge is 2.16. The first kappa shape index (κ1) is 12.2. The van der Waals surface area contributed by atoms with Crippen LogP contribution in [0.15, 0.2) is 41.6 Å². The Morgan fingerprint density at radius 3 is 2.53 bits per heavy atom. The van der Waals surface area contributed by atoms with Crippen molar-refractivity contribution in [3.05, 3.63) is 48.0 Å². The van der Waals surface area contributed by atoms with Crippen molar-refractivity contribution in [2.75, 3.05) is 6.26 Å². The maximum Gasteiger partial charge on any atom is 0.131 e. The number of nitrogens with zero attached hydrogens (tertiary/aromatic N) is 2. The summed E-state index contributed by atoms with van der Waals surface area (Å²) in [5.74, 6) is 6.53. The molecule has 0 fully saturated rings. The van der Waals surface area contributed by atoms with Gasteiger partial charge in [0, 0.05) is 24.3 Å². The SMILES string of the molecule is CSc1ccc(C(NN)c2nccn2C)cc1. The zero-order valence-corrected chi connectivity index (χ0v) is 10.7. The predicted molar refractivity (Wildman–Crippen MR) is 70.6 cm³/mol. The molecule has 1 heterocycles. The lowest BCUT2D eigenvalue weighted by Crippen LogP contribution is -2.30. The first-order valence-corrected chi connectivity index (χ1v) is 6.56. The van der Waals surface area contributed by atoms with Crippen molar-refractivity contribution in [1.29, 1.82) is 0 Å². The van der Waals surface area contributed by atoms with Crippen molar-refractivity contribution < 1.29 is 0 Å². The number of aryl methyl sites for hydroxylation is 1. The molecule has 17 heavy (non-hydrogen) atoms. The highest BCUT2D eigenvalue weighted by Crippen LogP contribution is 2.22. The van der Waals surface area contributed by atoms with Gasteiger partial charge in [-0.25, -0.2) is 10.4 Å². The van der Waals surface area contributed by atoms with E-state index < -0.39 is 0 Å². The van der Waals surface area contributed by atoms with Crippen molar-refractivity contribution in [1.82, 2.24) is 15.0 Å². The van der Waals surface area contributed by atoms with Crippen molar-refractivity contribution >= 4 is 11.8 Å². The molecule has 1 aromatic carbocycles. The second-order valence-electron chi connectivity index (χ2n) is 3.77. The van der Waals surface area contributed by atoms with Gasteiger partial charge in [0.15, 0.2) is 0 Å². The molecule has 0 saturated carbocycles. The molecule has 2 rings (SSSR count). The van der Waals surface area contributed by atoms with E-state index in [4.69, 9.17) is 5.84 Å². The van der Waals surface area contributed by atoms with Gasteiger partial charge in [0.25, 0.3) is 0 Å². The number of hydrazine groups is 1. The van der Waals surface area contributed by atoms with Crippen LogP contribution >= 0.6 is 11.8 Å². The number of imidazole rings is 1. The van der Waals surface area contributed by atoms with Gasteiger partial charge < -0.3 is 4.57 Å². The van der Waals surface area contributed by atoms with Crippen molar-refractivity contribution in [3.8, 4) is 0 Å². The van der Waals surface area contributed by atoms with Crippen molar-refractivity contribution in [3.63, 3.8) is 0 Å². The number of hydrogen-bond acceptors (Lipinski definition) is 4. The summed E-state index contributed by atoms with van der Waals surface area (Å²) in [7, 11) is 1.96. The summed E-state index contributed by atoms with van der Waals surface area (Å²) in [5, 5.41) is 0. The Hall–Kier alpha value is -1.30. The lowest BCUT2D eigenvalue weighted by atomic mass is 10.1. The van der Waals surface area contributed by atoms with Crippen LogP contribution in [0.3, 0.4) is 0 Å². The summed E-state index contributed by atoms with van der Waals surface area (Å²) < 4.78 is 1.97. The molecule has 90 valence electrons. The maximum absolute atomic E-state index is 5.63. The fourth-order valence-corrected chi connectivity index (χ4v) is 2.18. The first-order valence-electron chi connectivity index (χ1n) is 5.33. The average molecular weight is 248 g/mol. The van der Waals surface area contributed by atoms with Crippen LogP contribution < -0.4 is 11.3 Å². The first-order chi connectivity index (χ1) is 8.26. The zero-order valence-electron chi connectivity index (χ0n) is 9.92. The van der Waals surface area contributed by atoms with Gasteiger partial charge in [0.1, 0.15) is 11.9 Å². The number of rotatable bonds is 4. The molecule has 0 aliphatic heterocycles. The fourth-order valence-electron chi connectivity index (χ4n) is 1.77. The third-order valence-corrected chi connectivity index (χ3v) is 3.48. The van der Waals surface area contributed by atoms with Crippen LogP contribution in [-0.4, -0.2) is 15.8 Å². The Kier molecular flexibility index (Phi) is 3.83. The number of aromatic nitrogens is 2. The molecule has 1 atom stereocenters. The van der Waals surface area contributed by atoms with E-state index in [2.05, 4.69) is 40.9 Å². The summed E-state index contributed by atoms with van der Waals surface area (Å²) in [6.07, 6.45) is 5.75. The largest absolute Gasteiger partial charge is 0.336 e. The monoisotopic (exact) mass is 248 g/mol. The van der Waals surface area contributed by atoms with Crippen LogP contribution in [0.4, 0.5) is 0 Å². The van der Waals surface area contributed by atoms with Crippen LogP contribution in [0.2, 0.25) is 0 Å². The quantitative estimate of drug-likeness (QED) is 0.491. The van der Waals surface area contributed by atoms with Gasteiger partial charge in [-0.1, -0.05) is 12.1 Å². The summed E-state index contributed by atoms with van der Waals surface area (Å²) in [5.41, 5.74) is 3.92. The van der Waals surface area contributed by atoms with E-state index in [0.29, 0.717) is 0 Å².